The van der Waals surface area contributed by atoms with Crippen LogP contribution in [0.1, 0.15) is 420 Å². The molecule has 110 heavy (non-hydrogen) atoms. The van der Waals surface area contributed by atoms with Gasteiger partial charge in [-0.2, -0.15) is 11.3 Å². The Morgan fingerprint density at radius 2 is 0.964 bits per heavy atom. The molecule has 11 rings (SSSR count). The number of H-pyrrole nitrogens is 1. The van der Waals surface area contributed by atoms with Gasteiger partial charge in [-0.1, -0.05) is 331 Å². The molecule has 0 aliphatic heterocycles. The normalized spacial score (nSPS) is 9.43. The van der Waals surface area contributed by atoms with Crippen molar-refractivity contribution >= 4 is 34.2 Å². The summed E-state index contributed by atoms with van der Waals surface area (Å²) in [5.41, 5.74) is 7.70. The van der Waals surface area contributed by atoms with Gasteiger partial charge < -0.3 is 32.0 Å². The van der Waals surface area contributed by atoms with Gasteiger partial charge in [-0.3, -0.25) is 0 Å². The predicted molar refractivity (Wildman–Crippen MR) is 502 cm³/mol. The number of rotatable bonds is 11. The van der Waals surface area contributed by atoms with Gasteiger partial charge in [-0.15, -0.1) is 11.3 Å². The Labute approximate surface area is 694 Å². The highest BCUT2D eigenvalue weighted by atomic mass is 32.1. The van der Waals surface area contributed by atoms with Crippen LogP contribution < -0.4 is 0 Å². The van der Waals surface area contributed by atoms with Crippen LogP contribution >= 0.6 is 34.2 Å². The van der Waals surface area contributed by atoms with Crippen molar-refractivity contribution in [3.05, 3.63) is 237 Å². The number of furan rings is 2. The van der Waals surface area contributed by atoms with E-state index in [1.54, 1.807) is 66.6 Å². The molecule has 14 heteroatoms. The summed E-state index contributed by atoms with van der Waals surface area (Å²) < 4.78 is 30.2. The third-order valence-electron chi connectivity index (χ3n) is 12.8. The summed E-state index contributed by atoms with van der Waals surface area (Å²) in [6, 6.07) is 27.0. The fourth-order valence-corrected chi connectivity index (χ4v) is 8.95. The molecular formula is C96H176N6O5S3. The average molecular weight is 1590 g/mol. The zero-order chi connectivity index (χ0) is 87.8. The molecule has 638 valence electrons. The maximum Gasteiger partial charge on any atom is 0.139 e. The molecule has 0 fully saturated rings. The molecule has 0 atom stereocenters. The van der Waals surface area contributed by atoms with Crippen molar-refractivity contribution in [2.75, 3.05) is 0 Å². The van der Waals surface area contributed by atoms with Gasteiger partial charge in [0.1, 0.15) is 24.0 Å². The monoisotopic (exact) mass is 1590 g/mol. The van der Waals surface area contributed by atoms with Gasteiger partial charge in [0.15, 0.2) is 0 Å². The molecule has 11 nitrogen and oxygen atoms in total. The summed E-state index contributed by atoms with van der Waals surface area (Å²) >= 11 is 5.18. The van der Waals surface area contributed by atoms with Crippen LogP contribution in [0.3, 0.4) is 0 Å². The number of allylic oxidation sites excluding steroid dienone is 4. The van der Waals surface area contributed by atoms with Crippen molar-refractivity contribution in [1.82, 2.24) is 29.4 Å². The highest BCUT2D eigenvalue weighted by Gasteiger charge is 2.04. The second-order valence-corrected chi connectivity index (χ2v) is 26.7. The van der Waals surface area contributed by atoms with E-state index in [4.69, 9.17) is 13.4 Å². The van der Waals surface area contributed by atoms with Crippen LogP contribution in [-0.2, 0) is 0 Å². The van der Waals surface area contributed by atoms with E-state index in [1.807, 2.05) is 225 Å². The van der Waals surface area contributed by atoms with Gasteiger partial charge in [0.25, 0.3) is 0 Å². The quantitative estimate of drug-likeness (QED) is 0.134. The highest BCUT2D eigenvalue weighted by Crippen LogP contribution is 2.21. The third-order valence-corrected chi connectivity index (χ3v) is 15.7. The molecule has 0 saturated carbocycles. The van der Waals surface area contributed by atoms with Crippen molar-refractivity contribution in [2.24, 2.45) is 5.92 Å². The molecule has 1 aliphatic rings. The molecule has 0 unspecified atom stereocenters. The van der Waals surface area contributed by atoms with Crippen molar-refractivity contribution in [1.29, 1.82) is 0 Å². The predicted octanol–water partition coefficient (Wildman–Crippen LogP) is 36.2. The first-order chi connectivity index (χ1) is 52.8. The van der Waals surface area contributed by atoms with Crippen molar-refractivity contribution in [3.8, 4) is 0 Å². The van der Waals surface area contributed by atoms with E-state index in [0.29, 0.717) is 65.2 Å². The molecule has 0 aromatic carbocycles. The average Bonchev–Trinajstić information content (AvgIpc) is 2.08. The summed E-state index contributed by atoms with van der Waals surface area (Å²) in [6.07, 6.45) is 27.7. The van der Waals surface area contributed by atoms with E-state index in [0.717, 1.165) is 29.2 Å². The van der Waals surface area contributed by atoms with Gasteiger partial charge in [0.2, 0.25) is 0 Å². The van der Waals surface area contributed by atoms with Crippen molar-refractivity contribution in [2.45, 2.75) is 370 Å². The maximum atomic E-state index is 5.09. The van der Waals surface area contributed by atoms with Crippen LogP contribution in [0.25, 0.3) is 0 Å². The van der Waals surface area contributed by atoms with E-state index in [9.17, 15) is 0 Å². The van der Waals surface area contributed by atoms with E-state index in [-0.39, 0.29) is 0 Å². The molecule has 0 radical (unpaired) electrons. The Kier molecular flexibility index (Phi) is 113. The highest BCUT2D eigenvalue weighted by molar-refractivity contribution is 7.10. The first kappa shape index (κ1) is 127. The number of hydrogen-bond acceptors (Lipinski definition) is 12. The van der Waals surface area contributed by atoms with E-state index in [2.05, 4.69) is 268 Å². The molecule has 0 spiro atoms. The largest absolute Gasteiger partial charge is 0.472 e. The molecule has 0 bridgehead atoms. The van der Waals surface area contributed by atoms with Crippen LogP contribution in [-0.4, -0.2) is 29.4 Å². The summed E-state index contributed by atoms with van der Waals surface area (Å²) in [6.45, 7) is 91.3. The Hall–Kier alpha value is -6.74. The first-order valence-corrected chi connectivity index (χ1v) is 44.8. The summed E-state index contributed by atoms with van der Waals surface area (Å²) in [5, 5.41) is 17.3. The smallest absolute Gasteiger partial charge is 0.139 e. The van der Waals surface area contributed by atoms with E-state index >= 15 is 0 Å². The second kappa shape index (κ2) is 98.3. The van der Waals surface area contributed by atoms with Crippen LogP contribution in [0.4, 0.5) is 0 Å². The second-order valence-electron chi connectivity index (χ2n) is 24.1. The Morgan fingerprint density at radius 3 is 1.16 bits per heavy atom. The lowest BCUT2D eigenvalue weighted by Gasteiger charge is -2.03. The summed E-state index contributed by atoms with van der Waals surface area (Å²) in [4.78, 5) is 5.98. The van der Waals surface area contributed by atoms with Gasteiger partial charge in [0, 0.05) is 75.8 Å². The molecule has 1 N–H and O–H groups in total. The lowest BCUT2D eigenvalue weighted by atomic mass is 10.1. The van der Waals surface area contributed by atoms with Crippen LogP contribution in [0.2, 0.25) is 0 Å². The minimum Gasteiger partial charge on any atom is -0.472 e. The number of thiophene rings is 2. The van der Waals surface area contributed by atoms with Crippen LogP contribution in [0.15, 0.2) is 210 Å². The van der Waals surface area contributed by atoms with E-state index < -0.39 is 0 Å². The Balaban J connectivity index is -0.000000106. The Morgan fingerprint density at radius 1 is 0.418 bits per heavy atom. The van der Waals surface area contributed by atoms with Gasteiger partial charge in [-0.25, -0.2) is 4.37 Å². The maximum absolute atomic E-state index is 5.09. The molecule has 0 saturated heterocycles. The fraction of sp³-hybridized carbons (Fsp3) is 0.583. The van der Waals surface area contributed by atoms with Crippen LogP contribution in [0, 0.1) is 5.92 Å². The van der Waals surface area contributed by atoms with E-state index in [1.165, 1.54) is 32.1 Å². The topological polar surface area (TPSA) is 138 Å². The number of nitrogens with one attached hydrogen (secondary N) is 1. The zero-order valence-corrected chi connectivity index (χ0v) is 81.8. The summed E-state index contributed by atoms with van der Waals surface area (Å²) in [5.74, 6) is 7.97. The lowest BCUT2D eigenvalue weighted by molar-refractivity contribution is 0.371. The summed E-state index contributed by atoms with van der Waals surface area (Å²) in [7, 11) is 0. The Bertz CT molecular complexity index is 2360. The van der Waals surface area contributed by atoms with Gasteiger partial charge in [0.05, 0.1) is 36.9 Å². The fourth-order valence-electron chi connectivity index (χ4n) is 6.81. The zero-order valence-electron chi connectivity index (χ0n) is 79.4. The molecule has 10 aromatic heterocycles. The minimum atomic E-state index is 0.456. The number of aromatic nitrogens is 6. The van der Waals surface area contributed by atoms with Gasteiger partial charge in [-0.05, 0) is 173 Å². The van der Waals surface area contributed by atoms with Crippen LogP contribution in [0.5, 0.6) is 0 Å². The standard InChI is InChI=1S/C8H12.2C7H11N.2C7H10O.2C7H10S.3C6H9NO.C6H9NS.11C2H6/c2*1-7(2)8-5-3-4-6-8;1-6(2)7-4-3-5-8-7;1-6(2)7-3-4-8-5-7;1-6(2)7-4-3-5-8-7;1-6(2)7-3-4-8-5-7;1-6(2)7-4-3-5-8-7;1-5(2)6-3-7-8-4-6;1-5(2)6-3-4-8-7-6;2*1-5(2)6-3-4-7-8-6;11*1-2/h3,5-7H,4H2,1-2H3;3-7H,1-2H3;3-6,8H,1-2H3;4*3-6H,1-2H3;4*3-5H,1-2H3;11*1-2H3. The molecule has 10 aromatic rings. The molecule has 10 heterocycles. The minimum absolute atomic E-state index is 0.456. The number of aromatic amines is 1. The van der Waals surface area contributed by atoms with Crippen molar-refractivity contribution in [3.63, 3.8) is 0 Å². The molecule has 0 amide bonds. The molecular weight excluding hydrogens is 1410 g/mol. The molecule has 1 aliphatic carbocycles. The van der Waals surface area contributed by atoms with Gasteiger partial charge >= 0.3 is 0 Å². The lowest BCUT2D eigenvalue weighted by Crippen LogP contribution is -1.94. The first-order valence-electron chi connectivity index (χ1n) is 42.2. The van der Waals surface area contributed by atoms with Crippen molar-refractivity contribution < 1.29 is 22.4 Å². The SMILES string of the molecule is CC.CC.CC.CC.CC.CC.CC.CC.CC.CC.CC.CC(C)C1=CCC=C1.CC(C)c1ccc[nH]1.CC(C)c1ccco1.CC(C)c1cccs1.CC(C)c1ccno1.CC(C)c1ccns1.CC(C)c1ccoc1.CC(C)c1ccon1.CC(C)c1ccsc1.CC(C)c1cnoc1.CC(C)n1cccc1. The number of hydrogen-bond donors (Lipinski definition) is 1. The third kappa shape index (κ3) is 78.0. The number of nitrogens with zero attached hydrogens (tertiary/aromatic N) is 5.